The molecule has 0 spiro atoms. The highest BCUT2D eigenvalue weighted by atomic mass is 16.7. The highest BCUT2D eigenvalue weighted by molar-refractivity contribution is 6.05. The fraction of sp³-hybridized carbons (Fsp3) is 0.444. The minimum atomic E-state index is -0.545. The van der Waals surface area contributed by atoms with E-state index >= 15 is 0 Å². The third-order valence-corrected chi connectivity index (χ3v) is 8.68. The largest absolute Gasteiger partial charge is 0.490 e. The van der Waals surface area contributed by atoms with Crippen LogP contribution in [0.4, 0.5) is 16.2 Å². The standard InChI is InChI=1S/C36H45N5O8/c1-23-19-41(24(2)21-42)35(44)29-17-27(38-34(43)26-12-14-37-15-13-26)8-10-30(29)49-25(3)7-5-6-16-46-33(23)20-40(4)36(45)39-28-9-11-31-32(18-28)48-22-47-31/h8-15,17-18,23-25,33,42H,5-7,16,19-22H2,1-4H3,(H,38,43)(H,39,45)/t23-,24-,25-,33+/m0/s1. The monoisotopic (exact) mass is 675 g/mol. The molecule has 1 aromatic heterocycles. The van der Waals surface area contributed by atoms with Gasteiger partial charge in [0, 0.05) is 68.1 Å². The molecule has 5 rings (SSSR count). The van der Waals surface area contributed by atoms with Crippen molar-refractivity contribution in [1.29, 1.82) is 0 Å². The molecule has 3 heterocycles. The quantitative estimate of drug-likeness (QED) is 0.314. The number of aliphatic hydroxyl groups excluding tert-OH is 1. The number of nitrogens with zero attached hydrogens (tertiary/aromatic N) is 3. The van der Waals surface area contributed by atoms with E-state index in [1.807, 2.05) is 13.8 Å². The number of ether oxygens (including phenoxy) is 4. The van der Waals surface area contributed by atoms with Gasteiger partial charge >= 0.3 is 6.03 Å². The van der Waals surface area contributed by atoms with Crippen LogP contribution in [0.5, 0.6) is 17.2 Å². The summed E-state index contributed by atoms with van der Waals surface area (Å²) in [6.07, 6.45) is 4.80. The Balaban J connectivity index is 1.36. The van der Waals surface area contributed by atoms with E-state index in [9.17, 15) is 19.5 Å². The van der Waals surface area contributed by atoms with Crippen LogP contribution < -0.4 is 24.8 Å². The third kappa shape index (κ3) is 9.18. The number of aliphatic hydroxyl groups is 1. The Hall–Kier alpha value is -4.88. The van der Waals surface area contributed by atoms with E-state index in [0.29, 0.717) is 40.8 Å². The highest BCUT2D eigenvalue weighted by Crippen LogP contribution is 2.34. The lowest BCUT2D eigenvalue weighted by molar-refractivity contribution is -0.0115. The molecule has 0 bridgehead atoms. The lowest BCUT2D eigenvalue weighted by Crippen LogP contribution is -2.48. The SMILES string of the molecule is C[C@H]1CCCCO[C@H](CN(C)C(=O)Nc2ccc3c(c2)OCO3)[C@@H](C)CN([C@@H](C)CO)C(=O)c2cc(NC(=O)c3ccncc3)ccc2O1. The van der Waals surface area contributed by atoms with Crippen LogP contribution in [0, 0.1) is 5.92 Å². The van der Waals surface area contributed by atoms with Gasteiger partial charge in [0.2, 0.25) is 6.79 Å². The van der Waals surface area contributed by atoms with Gasteiger partial charge in [0.05, 0.1) is 30.4 Å². The number of hydrogen-bond donors (Lipinski definition) is 3. The number of fused-ring (bicyclic) bond motifs is 2. The van der Waals surface area contributed by atoms with Gasteiger partial charge in [-0.2, -0.15) is 0 Å². The molecule has 4 amide bonds. The summed E-state index contributed by atoms with van der Waals surface area (Å²) in [5.74, 6) is 0.646. The topological polar surface area (TPSA) is 152 Å². The van der Waals surface area contributed by atoms with E-state index in [4.69, 9.17) is 18.9 Å². The number of hydrogen-bond acceptors (Lipinski definition) is 9. The van der Waals surface area contributed by atoms with Gasteiger partial charge in [-0.15, -0.1) is 0 Å². The minimum Gasteiger partial charge on any atom is -0.490 e. The predicted molar refractivity (Wildman–Crippen MR) is 183 cm³/mol. The van der Waals surface area contributed by atoms with Crippen LogP contribution in [0.1, 0.15) is 60.7 Å². The molecule has 0 saturated heterocycles. The number of carbonyl (C=O) groups is 3. The van der Waals surface area contributed by atoms with Gasteiger partial charge in [-0.1, -0.05) is 6.92 Å². The molecule has 13 heteroatoms. The summed E-state index contributed by atoms with van der Waals surface area (Å²) in [5, 5.41) is 16.0. The third-order valence-electron chi connectivity index (χ3n) is 8.68. The zero-order valence-electron chi connectivity index (χ0n) is 28.4. The first-order valence-corrected chi connectivity index (χ1v) is 16.6. The number of amides is 4. The molecule has 4 atom stereocenters. The molecule has 0 saturated carbocycles. The zero-order valence-corrected chi connectivity index (χ0v) is 28.4. The number of aromatic nitrogens is 1. The average molecular weight is 676 g/mol. The van der Waals surface area contributed by atoms with Gasteiger partial charge in [-0.05, 0) is 75.6 Å². The average Bonchev–Trinajstić information content (AvgIpc) is 3.58. The maximum Gasteiger partial charge on any atom is 0.321 e. The number of anilines is 2. The first-order valence-electron chi connectivity index (χ1n) is 16.6. The second kappa shape index (κ2) is 16.5. The molecule has 262 valence electrons. The number of rotatable bonds is 7. The first-order chi connectivity index (χ1) is 23.6. The van der Waals surface area contributed by atoms with Crippen molar-refractivity contribution in [3.8, 4) is 17.2 Å². The Morgan fingerprint density at radius 1 is 1.00 bits per heavy atom. The molecule has 3 aromatic rings. The van der Waals surface area contributed by atoms with Crippen LogP contribution in [-0.2, 0) is 4.74 Å². The van der Waals surface area contributed by atoms with Crippen LogP contribution in [-0.4, -0.2) is 96.1 Å². The molecule has 2 aromatic carbocycles. The number of benzene rings is 2. The van der Waals surface area contributed by atoms with Crippen LogP contribution in [0.2, 0.25) is 0 Å². The van der Waals surface area contributed by atoms with E-state index in [-0.39, 0.29) is 61.9 Å². The summed E-state index contributed by atoms with van der Waals surface area (Å²) in [5.41, 5.74) is 1.69. The van der Waals surface area contributed by atoms with Gasteiger partial charge in [-0.3, -0.25) is 14.6 Å². The molecule has 2 aliphatic heterocycles. The fourth-order valence-electron chi connectivity index (χ4n) is 5.72. The zero-order chi connectivity index (χ0) is 34.9. The Morgan fingerprint density at radius 2 is 1.71 bits per heavy atom. The van der Waals surface area contributed by atoms with Crippen molar-refractivity contribution in [1.82, 2.24) is 14.8 Å². The second-order valence-corrected chi connectivity index (χ2v) is 12.6. The van der Waals surface area contributed by atoms with E-state index in [1.54, 1.807) is 72.3 Å². The lowest BCUT2D eigenvalue weighted by Gasteiger charge is -2.35. The van der Waals surface area contributed by atoms with Gasteiger partial charge in [0.15, 0.2) is 11.5 Å². The molecule has 49 heavy (non-hydrogen) atoms. The molecule has 0 radical (unpaired) electrons. The summed E-state index contributed by atoms with van der Waals surface area (Å²) in [6, 6.07) is 12.6. The maximum absolute atomic E-state index is 14.4. The van der Waals surface area contributed by atoms with Crippen LogP contribution in [0.15, 0.2) is 60.9 Å². The molecule has 2 aliphatic rings. The summed E-state index contributed by atoms with van der Waals surface area (Å²) in [7, 11) is 1.69. The number of pyridine rings is 1. The van der Waals surface area contributed by atoms with Crippen molar-refractivity contribution in [2.75, 3.05) is 50.8 Å². The molecular weight excluding hydrogens is 630 g/mol. The Kier molecular flexibility index (Phi) is 11.9. The second-order valence-electron chi connectivity index (χ2n) is 12.6. The molecule has 0 aliphatic carbocycles. The van der Waals surface area contributed by atoms with Crippen molar-refractivity contribution >= 4 is 29.2 Å². The van der Waals surface area contributed by atoms with E-state index < -0.39 is 12.1 Å². The van der Waals surface area contributed by atoms with Crippen molar-refractivity contribution in [3.05, 3.63) is 72.1 Å². The van der Waals surface area contributed by atoms with Gasteiger partial charge < -0.3 is 44.5 Å². The molecule has 0 unspecified atom stereocenters. The van der Waals surface area contributed by atoms with Crippen molar-refractivity contribution in [3.63, 3.8) is 0 Å². The lowest BCUT2D eigenvalue weighted by atomic mass is 10.0. The molecule has 13 nitrogen and oxygen atoms in total. The predicted octanol–water partition coefficient (Wildman–Crippen LogP) is 5.02. The minimum absolute atomic E-state index is 0.138. The molecular formula is C36H45N5O8. The summed E-state index contributed by atoms with van der Waals surface area (Å²) in [6.45, 7) is 6.52. The van der Waals surface area contributed by atoms with E-state index in [1.165, 1.54) is 12.4 Å². The molecule has 0 fully saturated rings. The summed E-state index contributed by atoms with van der Waals surface area (Å²) >= 11 is 0. The Labute approximate surface area is 286 Å². The van der Waals surface area contributed by atoms with Crippen LogP contribution in [0.3, 0.4) is 0 Å². The van der Waals surface area contributed by atoms with E-state index in [0.717, 1.165) is 19.3 Å². The Bertz CT molecular complexity index is 1610. The van der Waals surface area contributed by atoms with Gasteiger partial charge in [0.25, 0.3) is 11.8 Å². The van der Waals surface area contributed by atoms with Crippen LogP contribution in [0.25, 0.3) is 0 Å². The Morgan fingerprint density at radius 3 is 2.47 bits per heavy atom. The normalized spacial score (nSPS) is 20.3. The van der Waals surface area contributed by atoms with Crippen molar-refractivity contribution in [2.45, 2.75) is 58.3 Å². The van der Waals surface area contributed by atoms with Gasteiger partial charge in [0.1, 0.15) is 5.75 Å². The summed E-state index contributed by atoms with van der Waals surface area (Å²) < 4.78 is 23.5. The van der Waals surface area contributed by atoms with E-state index in [2.05, 4.69) is 15.6 Å². The number of nitrogens with one attached hydrogen (secondary N) is 2. The van der Waals surface area contributed by atoms with Gasteiger partial charge in [-0.25, -0.2) is 4.79 Å². The highest BCUT2D eigenvalue weighted by Gasteiger charge is 2.31. The smallest absolute Gasteiger partial charge is 0.321 e. The first kappa shape index (κ1) is 35.4. The summed E-state index contributed by atoms with van der Waals surface area (Å²) in [4.78, 5) is 47.6. The number of likely N-dealkylation sites (N-methyl/N-ethyl adjacent to an activating group) is 1. The number of carbonyl (C=O) groups excluding carboxylic acids is 3. The van der Waals surface area contributed by atoms with Crippen LogP contribution >= 0.6 is 0 Å². The fourth-order valence-corrected chi connectivity index (χ4v) is 5.72. The van der Waals surface area contributed by atoms with Crippen molar-refractivity contribution in [2.24, 2.45) is 5.92 Å². The van der Waals surface area contributed by atoms with Crippen molar-refractivity contribution < 1.29 is 38.4 Å². The molecule has 3 N–H and O–H groups in total. The number of urea groups is 1. The maximum atomic E-state index is 14.4.